The van der Waals surface area contributed by atoms with Crippen LogP contribution < -0.4 is 0 Å². The largest absolute Gasteiger partial charge is 0.465 e. The van der Waals surface area contributed by atoms with Gasteiger partial charge >= 0.3 is 5.97 Å². The number of benzene rings is 1. The number of methoxy groups -OCH3 is 1. The van der Waals surface area contributed by atoms with Crippen molar-refractivity contribution in [2.24, 2.45) is 5.92 Å². The van der Waals surface area contributed by atoms with Crippen LogP contribution in [0.15, 0.2) is 33.6 Å². The summed E-state index contributed by atoms with van der Waals surface area (Å²) in [4.78, 5) is 12.3. The average Bonchev–Trinajstić information content (AvgIpc) is 2.95. The molecule has 1 aliphatic carbocycles. The first-order valence-corrected chi connectivity index (χ1v) is 9.81. The number of sulfone groups is 1. The van der Waals surface area contributed by atoms with E-state index in [4.69, 9.17) is 4.74 Å². The van der Waals surface area contributed by atoms with Gasteiger partial charge in [-0.05, 0) is 52.4 Å². The van der Waals surface area contributed by atoms with Gasteiger partial charge in [0.15, 0.2) is 9.84 Å². The molecule has 1 aliphatic rings. The molecule has 2 rings (SSSR count). The molecule has 1 fully saturated rings. The van der Waals surface area contributed by atoms with Gasteiger partial charge in [0.25, 0.3) is 0 Å². The van der Waals surface area contributed by atoms with Gasteiger partial charge in [-0.2, -0.15) is 0 Å². The summed E-state index contributed by atoms with van der Waals surface area (Å²) < 4.78 is 28.7. The van der Waals surface area contributed by atoms with Crippen molar-refractivity contribution in [3.05, 3.63) is 34.3 Å². The predicted octanol–water partition coefficient (Wildman–Crippen LogP) is 3.60. The monoisotopic (exact) mass is 386 g/mol. The molecule has 0 aliphatic heterocycles. The molecule has 1 aromatic rings. The zero-order valence-corrected chi connectivity index (χ0v) is 15.0. The number of rotatable bonds is 4. The molecule has 4 nitrogen and oxygen atoms in total. The fourth-order valence-electron chi connectivity index (χ4n) is 2.72. The molecule has 0 heterocycles. The van der Waals surface area contributed by atoms with E-state index in [1.165, 1.54) is 26.0 Å². The third kappa shape index (κ3) is 3.98. The average molecular weight is 387 g/mol. The Balaban J connectivity index is 2.44. The lowest BCUT2D eigenvalue weighted by atomic mass is 9.99. The minimum absolute atomic E-state index is 0.210. The van der Waals surface area contributed by atoms with E-state index in [1.54, 1.807) is 12.1 Å². The van der Waals surface area contributed by atoms with Gasteiger partial charge in [-0.1, -0.05) is 25.0 Å². The van der Waals surface area contributed by atoms with Gasteiger partial charge in [-0.3, -0.25) is 0 Å². The van der Waals surface area contributed by atoms with Crippen molar-refractivity contribution in [3.8, 4) is 0 Å². The van der Waals surface area contributed by atoms with Gasteiger partial charge in [0.2, 0.25) is 0 Å². The molecule has 6 heteroatoms. The molecular formula is C16H19BrO4S. The molecule has 0 radical (unpaired) electrons. The van der Waals surface area contributed by atoms with Crippen LogP contribution in [0.3, 0.4) is 0 Å². The van der Waals surface area contributed by atoms with Crippen LogP contribution >= 0.6 is 15.9 Å². The fourth-order valence-corrected chi connectivity index (χ4v) is 4.71. The minimum Gasteiger partial charge on any atom is -0.465 e. The summed E-state index contributed by atoms with van der Waals surface area (Å²) in [5.41, 5.74) is 1.16. The Kier molecular flexibility index (Phi) is 5.45. The molecule has 0 atom stereocenters. The first-order chi connectivity index (χ1) is 10.3. The standard InChI is InChI=1S/C16H19BrO4S/c1-21-16(18)13(9-11-5-3-4-6-11)12-7-8-15(14(17)10-12)22(2,19)20/h7-11H,3-6H2,1-2H3. The smallest absolute Gasteiger partial charge is 0.338 e. The Morgan fingerprint density at radius 1 is 1.32 bits per heavy atom. The maximum absolute atomic E-state index is 12.1. The molecule has 0 aromatic heterocycles. The van der Waals surface area contributed by atoms with Crippen molar-refractivity contribution in [2.45, 2.75) is 30.6 Å². The van der Waals surface area contributed by atoms with Crippen molar-refractivity contribution in [1.29, 1.82) is 0 Å². The number of hydrogen-bond donors (Lipinski definition) is 0. The minimum atomic E-state index is -3.31. The molecule has 0 spiro atoms. The highest BCUT2D eigenvalue weighted by Crippen LogP contribution is 2.31. The van der Waals surface area contributed by atoms with Crippen LogP contribution in [-0.2, 0) is 19.4 Å². The Labute approximate surface area is 139 Å². The number of carbonyl (C=O) groups excluding carboxylic acids is 1. The maximum Gasteiger partial charge on any atom is 0.338 e. The van der Waals surface area contributed by atoms with Gasteiger partial charge < -0.3 is 4.74 Å². The quantitative estimate of drug-likeness (QED) is 0.585. The molecule has 1 saturated carbocycles. The molecule has 0 saturated heterocycles. The third-order valence-corrected chi connectivity index (χ3v) is 5.92. The highest BCUT2D eigenvalue weighted by Gasteiger charge is 2.20. The van der Waals surface area contributed by atoms with E-state index in [-0.39, 0.29) is 4.90 Å². The molecular weight excluding hydrogens is 368 g/mol. The predicted molar refractivity (Wildman–Crippen MR) is 89.2 cm³/mol. The Hall–Kier alpha value is -1.14. The molecule has 22 heavy (non-hydrogen) atoms. The second kappa shape index (κ2) is 6.96. The topological polar surface area (TPSA) is 60.4 Å². The summed E-state index contributed by atoms with van der Waals surface area (Å²) in [6.07, 6.45) is 7.61. The molecule has 1 aromatic carbocycles. The Morgan fingerprint density at radius 3 is 2.45 bits per heavy atom. The van der Waals surface area contributed by atoms with Crippen LogP contribution in [-0.4, -0.2) is 27.8 Å². The van der Waals surface area contributed by atoms with Crippen LogP contribution in [0.2, 0.25) is 0 Å². The second-order valence-electron chi connectivity index (χ2n) is 5.53. The van der Waals surface area contributed by atoms with Gasteiger partial charge in [0.05, 0.1) is 17.6 Å². The summed E-state index contributed by atoms with van der Waals surface area (Å²) in [5, 5.41) is 0. The zero-order chi connectivity index (χ0) is 16.3. The van der Waals surface area contributed by atoms with E-state index in [2.05, 4.69) is 15.9 Å². The summed E-state index contributed by atoms with van der Waals surface area (Å²) in [6, 6.07) is 4.83. The summed E-state index contributed by atoms with van der Waals surface area (Å²) in [5.74, 6) is -0.0200. The first-order valence-electron chi connectivity index (χ1n) is 7.13. The number of halogens is 1. The molecule has 0 N–H and O–H groups in total. The first kappa shape index (κ1) is 17.2. The lowest BCUT2D eigenvalue weighted by molar-refractivity contribution is -0.133. The van der Waals surface area contributed by atoms with Gasteiger partial charge in [-0.15, -0.1) is 0 Å². The van der Waals surface area contributed by atoms with E-state index in [1.807, 2.05) is 6.08 Å². The van der Waals surface area contributed by atoms with Gasteiger partial charge in [0, 0.05) is 10.7 Å². The zero-order valence-electron chi connectivity index (χ0n) is 12.6. The van der Waals surface area contributed by atoms with Crippen molar-refractivity contribution in [2.75, 3.05) is 13.4 Å². The summed E-state index contributed by atoms with van der Waals surface area (Å²) in [7, 11) is -1.95. The highest BCUT2D eigenvalue weighted by molar-refractivity contribution is 9.10. The summed E-state index contributed by atoms with van der Waals surface area (Å²) in [6.45, 7) is 0. The second-order valence-corrected chi connectivity index (χ2v) is 8.37. The maximum atomic E-state index is 12.1. The van der Waals surface area contributed by atoms with E-state index in [9.17, 15) is 13.2 Å². The van der Waals surface area contributed by atoms with Crippen LogP contribution in [0.4, 0.5) is 0 Å². The number of carbonyl (C=O) groups is 1. The van der Waals surface area contributed by atoms with E-state index < -0.39 is 15.8 Å². The van der Waals surface area contributed by atoms with Crippen LogP contribution in [0.25, 0.3) is 5.57 Å². The highest BCUT2D eigenvalue weighted by atomic mass is 79.9. The number of esters is 1. The normalized spacial score (nSPS) is 16.8. The number of hydrogen-bond acceptors (Lipinski definition) is 4. The summed E-state index contributed by atoms with van der Waals surface area (Å²) >= 11 is 3.28. The van der Waals surface area contributed by atoms with E-state index in [0.29, 0.717) is 21.5 Å². The van der Waals surface area contributed by atoms with Gasteiger partial charge in [0.1, 0.15) is 0 Å². The lowest BCUT2D eigenvalue weighted by Gasteiger charge is -2.11. The fraction of sp³-hybridized carbons (Fsp3) is 0.438. The van der Waals surface area contributed by atoms with Gasteiger partial charge in [-0.25, -0.2) is 13.2 Å². The van der Waals surface area contributed by atoms with Crippen LogP contribution in [0.5, 0.6) is 0 Å². The van der Waals surface area contributed by atoms with Crippen LogP contribution in [0.1, 0.15) is 31.2 Å². The SMILES string of the molecule is COC(=O)C(=CC1CCCC1)c1ccc(S(C)(=O)=O)c(Br)c1. The molecule has 0 amide bonds. The van der Waals surface area contributed by atoms with Crippen LogP contribution in [0, 0.1) is 5.92 Å². The lowest BCUT2D eigenvalue weighted by Crippen LogP contribution is -2.07. The van der Waals surface area contributed by atoms with Crippen molar-refractivity contribution >= 4 is 37.3 Å². The Morgan fingerprint density at radius 2 is 1.95 bits per heavy atom. The number of ether oxygens (including phenoxy) is 1. The van der Waals surface area contributed by atoms with Crippen molar-refractivity contribution in [1.82, 2.24) is 0 Å². The molecule has 0 bridgehead atoms. The Bertz CT molecular complexity index is 701. The number of allylic oxidation sites excluding steroid dienone is 1. The van der Waals surface area contributed by atoms with Crippen molar-refractivity contribution in [3.63, 3.8) is 0 Å². The third-order valence-electron chi connectivity index (χ3n) is 3.85. The van der Waals surface area contributed by atoms with Crippen molar-refractivity contribution < 1.29 is 17.9 Å². The molecule has 0 unspecified atom stereocenters. The molecule has 120 valence electrons. The van der Waals surface area contributed by atoms with E-state index in [0.717, 1.165) is 19.1 Å². The van der Waals surface area contributed by atoms with E-state index >= 15 is 0 Å².